The van der Waals surface area contributed by atoms with Crippen LogP contribution in [0.2, 0.25) is 0 Å². The topological polar surface area (TPSA) is 93.8 Å². The van der Waals surface area contributed by atoms with E-state index >= 15 is 0 Å². The minimum atomic E-state index is -0.568. The Morgan fingerprint density at radius 1 is 1.16 bits per heavy atom. The molecule has 0 fully saturated rings. The lowest BCUT2D eigenvalue weighted by atomic mass is 9.95. The van der Waals surface area contributed by atoms with Crippen LogP contribution in [0.3, 0.4) is 0 Å². The van der Waals surface area contributed by atoms with Gasteiger partial charge in [0.2, 0.25) is 6.29 Å². The van der Waals surface area contributed by atoms with Crippen LogP contribution in [0.1, 0.15) is 29.0 Å². The number of hydrogen-bond donors (Lipinski definition) is 3. The number of nitrogens with two attached hydrogens (primary N) is 1. The zero-order valence-corrected chi connectivity index (χ0v) is 17.7. The standard InChI is InChI=1S/C24H24N2O4S/c25-20-3-1-2-4-21(20)26-24(28)22-11-19(18-9-10-31-15-18)12-23(30-22)29-14-17-7-5-16(13-27)6-8-17/h1-11,15,19,23,27H,12-14,25H2,(H,26,28)/t19-,23+/m1/s1. The summed E-state index contributed by atoms with van der Waals surface area (Å²) in [5.74, 6) is -0.138. The average Bonchev–Trinajstić information content (AvgIpc) is 3.34. The van der Waals surface area contributed by atoms with Gasteiger partial charge in [0, 0.05) is 12.3 Å². The Labute approximate surface area is 184 Å². The van der Waals surface area contributed by atoms with Gasteiger partial charge in [-0.1, -0.05) is 36.4 Å². The number of carbonyl (C=O) groups is 1. The maximum Gasteiger partial charge on any atom is 0.290 e. The number of aliphatic hydroxyl groups is 1. The lowest BCUT2D eigenvalue weighted by molar-refractivity contribution is -0.147. The van der Waals surface area contributed by atoms with Crippen molar-refractivity contribution in [2.45, 2.75) is 31.8 Å². The van der Waals surface area contributed by atoms with E-state index in [1.165, 1.54) is 0 Å². The number of benzene rings is 2. The molecular formula is C24H24N2O4S. The molecule has 3 aromatic rings. The Balaban J connectivity index is 1.48. The molecule has 0 aliphatic carbocycles. The molecule has 0 saturated heterocycles. The fourth-order valence-electron chi connectivity index (χ4n) is 3.36. The summed E-state index contributed by atoms with van der Waals surface area (Å²) in [5.41, 5.74) is 9.91. The third-order valence-electron chi connectivity index (χ3n) is 5.10. The third-order valence-corrected chi connectivity index (χ3v) is 5.80. The highest BCUT2D eigenvalue weighted by atomic mass is 32.1. The summed E-state index contributed by atoms with van der Waals surface area (Å²) in [5, 5.41) is 16.1. The first-order chi connectivity index (χ1) is 15.1. The first-order valence-corrected chi connectivity index (χ1v) is 10.9. The monoisotopic (exact) mass is 436 g/mol. The minimum Gasteiger partial charge on any atom is -0.459 e. The van der Waals surface area contributed by atoms with Gasteiger partial charge in [-0.3, -0.25) is 4.79 Å². The van der Waals surface area contributed by atoms with Crippen LogP contribution in [0.5, 0.6) is 0 Å². The fourth-order valence-corrected chi connectivity index (χ4v) is 4.09. The Morgan fingerprint density at radius 2 is 1.94 bits per heavy atom. The van der Waals surface area contributed by atoms with E-state index in [2.05, 4.69) is 10.7 Å². The van der Waals surface area contributed by atoms with E-state index in [4.69, 9.17) is 15.2 Å². The number of amides is 1. The smallest absolute Gasteiger partial charge is 0.290 e. The molecule has 1 aliphatic heterocycles. The lowest BCUT2D eigenvalue weighted by Gasteiger charge is -2.29. The first kappa shape index (κ1) is 21.1. The number of ether oxygens (including phenoxy) is 2. The molecule has 0 unspecified atom stereocenters. The Bertz CT molecular complexity index is 1050. The van der Waals surface area contributed by atoms with E-state index in [1.54, 1.807) is 23.5 Å². The normalized spacial score (nSPS) is 18.2. The summed E-state index contributed by atoms with van der Waals surface area (Å²) in [6.45, 7) is 0.345. The zero-order valence-electron chi connectivity index (χ0n) is 16.9. The number of aliphatic hydroxyl groups excluding tert-OH is 1. The Kier molecular flexibility index (Phi) is 6.66. The third kappa shape index (κ3) is 5.32. The van der Waals surface area contributed by atoms with Gasteiger partial charge in [0.15, 0.2) is 5.76 Å². The lowest BCUT2D eigenvalue weighted by Crippen LogP contribution is -2.29. The van der Waals surface area contributed by atoms with E-state index in [0.29, 0.717) is 24.4 Å². The van der Waals surface area contributed by atoms with Crippen molar-refractivity contribution in [3.8, 4) is 0 Å². The van der Waals surface area contributed by atoms with Crippen LogP contribution >= 0.6 is 11.3 Å². The van der Waals surface area contributed by atoms with Gasteiger partial charge in [-0.05, 0) is 51.7 Å². The van der Waals surface area contributed by atoms with E-state index in [9.17, 15) is 9.90 Å². The second-order valence-electron chi connectivity index (χ2n) is 7.30. The van der Waals surface area contributed by atoms with Crippen LogP contribution in [-0.4, -0.2) is 17.3 Å². The van der Waals surface area contributed by atoms with Gasteiger partial charge in [-0.2, -0.15) is 11.3 Å². The quantitative estimate of drug-likeness (QED) is 0.478. The van der Waals surface area contributed by atoms with Crippen LogP contribution in [-0.2, 0) is 27.5 Å². The Hall–Kier alpha value is -3.13. The largest absolute Gasteiger partial charge is 0.459 e. The minimum absolute atomic E-state index is 0.00435. The molecule has 1 aliphatic rings. The van der Waals surface area contributed by atoms with Crippen molar-refractivity contribution in [2.24, 2.45) is 0 Å². The molecule has 160 valence electrons. The predicted molar refractivity (Wildman–Crippen MR) is 121 cm³/mol. The Morgan fingerprint density at radius 3 is 2.65 bits per heavy atom. The molecule has 1 amide bonds. The van der Waals surface area contributed by atoms with Gasteiger partial charge in [0.25, 0.3) is 5.91 Å². The van der Waals surface area contributed by atoms with Crippen LogP contribution in [0.25, 0.3) is 0 Å². The molecule has 0 saturated carbocycles. The van der Waals surface area contributed by atoms with Gasteiger partial charge in [-0.25, -0.2) is 0 Å². The molecule has 0 radical (unpaired) electrons. The average molecular weight is 437 g/mol. The summed E-state index contributed by atoms with van der Waals surface area (Å²) in [6, 6.07) is 16.7. The number of para-hydroxylation sites is 2. The molecule has 4 rings (SSSR count). The number of anilines is 2. The van der Waals surface area contributed by atoms with Crippen LogP contribution < -0.4 is 11.1 Å². The first-order valence-electron chi connectivity index (χ1n) is 9.99. The van der Waals surface area contributed by atoms with E-state index in [0.717, 1.165) is 16.7 Å². The van der Waals surface area contributed by atoms with E-state index < -0.39 is 6.29 Å². The maximum absolute atomic E-state index is 12.9. The second kappa shape index (κ2) is 9.78. The van der Waals surface area contributed by atoms with Crippen LogP contribution in [0, 0.1) is 0 Å². The van der Waals surface area contributed by atoms with Crippen LogP contribution in [0.4, 0.5) is 11.4 Å². The number of hydrogen-bond acceptors (Lipinski definition) is 6. The molecule has 1 aromatic heterocycles. The number of allylic oxidation sites excluding steroid dienone is 1. The van der Waals surface area contributed by atoms with Crippen molar-refractivity contribution in [3.63, 3.8) is 0 Å². The number of nitrogen functional groups attached to an aromatic ring is 1. The number of rotatable bonds is 7. The van der Waals surface area contributed by atoms with Gasteiger partial charge in [-0.15, -0.1) is 0 Å². The highest BCUT2D eigenvalue weighted by molar-refractivity contribution is 7.08. The highest BCUT2D eigenvalue weighted by Gasteiger charge is 2.29. The van der Waals surface area contributed by atoms with E-state index in [1.807, 2.05) is 53.9 Å². The predicted octanol–water partition coefficient (Wildman–Crippen LogP) is 4.39. The number of carbonyl (C=O) groups excluding carboxylic acids is 1. The number of thiophene rings is 1. The number of nitrogens with one attached hydrogen (secondary N) is 1. The highest BCUT2D eigenvalue weighted by Crippen LogP contribution is 2.33. The molecule has 31 heavy (non-hydrogen) atoms. The summed E-state index contributed by atoms with van der Waals surface area (Å²) in [6.07, 6.45) is 1.88. The van der Waals surface area contributed by atoms with Crippen molar-refractivity contribution in [1.29, 1.82) is 0 Å². The molecule has 2 aromatic carbocycles. The zero-order chi connectivity index (χ0) is 21.6. The van der Waals surface area contributed by atoms with Crippen molar-refractivity contribution < 1.29 is 19.4 Å². The van der Waals surface area contributed by atoms with Gasteiger partial charge >= 0.3 is 0 Å². The SMILES string of the molecule is Nc1ccccc1NC(=O)C1=C[C@@H](c2ccsc2)C[C@@H](OCc2ccc(CO)cc2)O1. The fraction of sp³-hybridized carbons (Fsp3) is 0.208. The molecule has 0 bridgehead atoms. The maximum atomic E-state index is 12.9. The van der Waals surface area contributed by atoms with Crippen molar-refractivity contribution in [3.05, 3.63) is 93.9 Å². The van der Waals surface area contributed by atoms with Crippen molar-refractivity contribution in [1.82, 2.24) is 0 Å². The van der Waals surface area contributed by atoms with Gasteiger partial charge in [0.05, 0.1) is 24.6 Å². The van der Waals surface area contributed by atoms with Gasteiger partial charge in [0.1, 0.15) is 0 Å². The summed E-state index contributed by atoms with van der Waals surface area (Å²) in [7, 11) is 0. The molecule has 7 heteroatoms. The molecule has 2 atom stereocenters. The molecule has 0 spiro atoms. The van der Waals surface area contributed by atoms with E-state index in [-0.39, 0.29) is 24.2 Å². The second-order valence-corrected chi connectivity index (χ2v) is 8.08. The van der Waals surface area contributed by atoms with Crippen LogP contribution in [0.15, 0.2) is 77.2 Å². The summed E-state index contributed by atoms with van der Waals surface area (Å²) >= 11 is 1.61. The molecular weight excluding hydrogens is 412 g/mol. The molecule has 4 N–H and O–H groups in total. The van der Waals surface area contributed by atoms with Crippen molar-refractivity contribution in [2.75, 3.05) is 11.1 Å². The summed E-state index contributed by atoms with van der Waals surface area (Å²) in [4.78, 5) is 12.9. The molecule has 2 heterocycles. The molecule has 6 nitrogen and oxygen atoms in total. The van der Waals surface area contributed by atoms with Crippen molar-refractivity contribution >= 4 is 28.6 Å². The van der Waals surface area contributed by atoms with Gasteiger partial charge < -0.3 is 25.6 Å². The summed E-state index contributed by atoms with van der Waals surface area (Å²) < 4.78 is 11.9.